The number of carbonyl (C=O) groups is 2. The molecule has 102 valence electrons. The van der Waals surface area contributed by atoms with Crippen molar-refractivity contribution in [3.8, 4) is 0 Å². The predicted molar refractivity (Wildman–Crippen MR) is 69.7 cm³/mol. The van der Waals surface area contributed by atoms with Crippen molar-refractivity contribution in [2.75, 3.05) is 0 Å². The molecule has 0 aliphatic carbocycles. The van der Waals surface area contributed by atoms with E-state index in [1.807, 2.05) is 32.9 Å². The average molecular weight is 262 g/mol. The summed E-state index contributed by atoms with van der Waals surface area (Å²) >= 11 is 0. The molecular formula is C15H18O4. The van der Waals surface area contributed by atoms with Gasteiger partial charge in [0.2, 0.25) is 0 Å². The predicted octanol–water partition coefficient (Wildman–Crippen LogP) is 2.53. The minimum absolute atomic E-state index is 0.545. The first-order valence-electron chi connectivity index (χ1n) is 6.25. The fourth-order valence-electron chi connectivity index (χ4n) is 2.60. The highest BCUT2D eigenvalue weighted by atomic mass is 16.7. The van der Waals surface area contributed by atoms with Gasteiger partial charge in [0.1, 0.15) is 0 Å². The van der Waals surface area contributed by atoms with Crippen LogP contribution >= 0.6 is 0 Å². The number of esters is 2. The van der Waals surface area contributed by atoms with Crippen LogP contribution in [0, 0.1) is 20.8 Å². The number of hydrogen-bond donors (Lipinski definition) is 0. The van der Waals surface area contributed by atoms with Crippen LogP contribution in [0.25, 0.3) is 0 Å². The molecule has 2 rings (SSSR count). The quantitative estimate of drug-likeness (QED) is 0.576. The molecule has 19 heavy (non-hydrogen) atoms. The van der Waals surface area contributed by atoms with Gasteiger partial charge in [0.15, 0.2) is 5.92 Å². The van der Waals surface area contributed by atoms with Gasteiger partial charge in [-0.1, -0.05) is 17.7 Å². The molecule has 1 aromatic rings. The van der Waals surface area contributed by atoms with Crippen LogP contribution < -0.4 is 0 Å². The maximum absolute atomic E-state index is 12.1. The van der Waals surface area contributed by atoms with Crippen molar-refractivity contribution in [3.05, 3.63) is 34.4 Å². The zero-order chi connectivity index (χ0) is 14.4. The van der Waals surface area contributed by atoms with Gasteiger partial charge in [-0.25, -0.2) is 0 Å². The molecular weight excluding hydrogens is 244 g/mol. The molecule has 0 spiro atoms. The fourth-order valence-corrected chi connectivity index (χ4v) is 2.60. The molecule has 1 saturated heterocycles. The van der Waals surface area contributed by atoms with Crippen molar-refractivity contribution in [2.24, 2.45) is 0 Å². The van der Waals surface area contributed by atoms with E-state index >= 15 is 0 Å². The Morgan fingerprint density at radius 2 is 1.37 bits per heavy atom. The summed E-state index contributed by atoms with van der Waals surface area (Å²) in [6, 6.07) is 3.89. The second-order valence-corrected chi connectivity index (χ2v) is 5.49. The minimum Gasteiger partial charge on any atom is -0.422 e. The van der Waals surface area contributed by atoms with E-state index in [4.69, 9.17) is 9.47 Å². The molecule has 4 nitrogen and oxygen atoms in total. The fraction of sp³-hybridized carbons (Fsp3) is 0.467. The van der Waals surface area contributed by atoms with Crippen molar-refractivity contribution in [3.63, 3.8) is 0 Å². The van der Waals surface area contributed by atoms with Crippen LogP contribution in [0.5, 0.6) is 0 Å². The van der Waals surface area contributed by atoms with Crippen molar-refractivity contribution < 1.29 is 19.1 Å². The van der Waals surface area contributed by atoms with E-state index in [1.165, 1.54) is 0 Å². The van der Waals surface area contributed by atoms with Gasteiger partial charge in [-0.05, 0) is 37.5 Å². The number of cyclic esters (lactones) is 2. The number of benzene rings is 1. The Kier molecular flexibility index (Phi) is 3.12. The van der Waals surface area contributed by atoms with Crippen LogP contribution in [0.1, 0.15) is 42.0 Å². The van der Waals surface area contributed by atoms with E-state index in [9.17, 15) is 9.59 Å². The van der Waals surface area contributed by atoms with Crippen molar-refractivity contribution in [1.29, 1.82) is 0 Å². The average Bonchev–Trinajstić information content (AvgIpc) is 2.18. The van der Waals surface area contributed by atoms with Crippen LogP contribution in [0.2, 0.25) is 0 Å². The molecule has 1 aliphatic heterocycles. The SMILES string of the molecule is Cc1cc(C)c(C2C(=O)OC(C)(C)OC2=O)c(C)c1. The lowest BCUT2D eigenvalue weighted by Gasteiger charge is -2.34. The molecule has 4 heteroatoms. The number of ether oxygens (including phenoxy) is 2. The summed E-state index contributed by atoms with van der Waals surface area (Å²) in [7, 11) is 0. The van der Waals surface area contributed by atoms with E-state index in [-0.39, 0.29) is 0 Å². The Labute approximate surface area is 112 Å². The molecule has 1 aliphatic rings. The molecule has 0 atom stereocenters. The molecule has 1 aromatic carbocycles. The molecule has 0 bridgehead atoms. The van der Waals surface area contributed by atoms with Crippen molar-refractivity contribution in [2.45, 2.75) is 46.3 Å². The maximum atomic E-state index is 12.1. The summed E-state index contributed by atoms with van der Waals surface area (Å²) in [4.78, 5) is 24.2. The lowest BCUT2D eigenvalue weighted by molar-refractivity contribution is -0.234. The topological polar surface area (TPSA) is 52.6 Å². The number of hydrogen-bond acceptors (Lipinski definition) is 4. The first-order valence-corrected chi connectivity index (χ1v) is 6.25. The Morgan fingerprint density at radius 3 is 1.79 bits per heavy atom. The van der Waals surface area contributed by atoms with Crippen LogP contribution in [0.3, 0.4) is 0 Å². The molecule has 0 N–H and O–H groups in total. The molecule has 0 amide bonds. The summed E-state index contributed by atoms with van der Waals surface area (Å²) in [5.74, 6) is -3.25. The van der Waals surface area contributed by atoms with Crippen LogP contribution in [-0.2, 0) is 19.1 Å². The van der Waals surface area contributed by atoms with E-state index < -0.39 is 23.6 Å². The molecule has 0 radical (unpaired) electrons. The van der Waals surface area contributed by atoms with E-state index in [0.717, 1.165) is 16.7 Å². The highest BCUT2D eigenvalue weighted by Gasteiger charge is 2.45. The Morgan fingerprint density at radius 1 is 0.947 bits per heavy atom. The zero-order valence-electron chi connectivity index (χ0n) is 11.9. The first kappa shape index (κ1) is 13.6. The second kappa shape index (κ2) is 4.37. The largest absolute Gasteiger partial charge is 0.422 e. The lowest BCUT2D eigenvalue weighted by Crippen LogP contribution is -2.45. The van der Waals surface area contributed by atoms with Crippen LogP contribution in [0.15, 0.2) is 12.1 Å². The van der Waals surface area contributed by atoms with Gasteiger partial charge in [0, 0.05) is 13.8 Å². The van der Waals surface area contributed by atoms with Gasteiger partial charge in [-0.2, -0.15) is 0 Å². The molecule has 0 unspecified atom stereocenters. The normalized spacial score (nSPS) is 19.0. The van der Waals surface area contributed by atoms with Gasteiger partial charge in [0.25, 0.3) is 5.79 Å². The summed E-state index contributed by atoms with van der Waals surface area (Å²) < 4.78 is 10.3. The van der Waals surface area contributed by atoms with Gasteiger partial charge >= 0.3 is 11.9 Å². The number of aryl methyl sites for hydroxylation is 3. The van der Waals surface area contributed by atoms with Crippen molar-refractivity contribution in [1.82, 2.24) is 0 Å². The molecule has 1 fully saturated rings. The summed E-state index contributed by atoms with van der Waals surface area (Å²) in [5, 5.41) is 0. The smallest absolute Gasteiger partial charge is 0.328 e. The van der Waals surface area contributed by atoms with E-state index in [2.05, 4.69) is 0 Å². The molecule has 1 heterocycles. The Balaban J connectivity index is 2.48. The third-order valence-corrected chi connectivity index (χ3v) is 3.19. The van der Waals surface area contributed by atoms with Gasteiger partial charge in [-0.15, -0.1) is 0 Å². The van der Waals surface area contributed by atoms with Gasteiger partial charge in [0.05, 0.1) is 0 Å². The highest BCUT2D eigenvalue weighted by molar-refractivity contribution is 6.03. The Bertz CT molecular complexity index is 514. The van der Waals surface area contributed by atoms with E-state index in [0.29, 0.717) is 5.56 Å². The number of rotatable bonds is 1. The molecule has 0 aromatic heterocycles. The van der Waals surface area contributed by atoms with Gasteiger partial charge in [-0.3, -0.25) is 9.59 Å². The standard InChI is InChI=1S/C15H18O4/c1-8-6-9(2)11(10(3)7-8)12-13(16)18-15(4,5)19-14(12)17/h6-7,12H,1-5H3. The second-order valence-electron chi connectivity index (χ2n) is 5.49. The van der Waals surface area contributed by atoms with E-state index in [1.54, 1.807) is 13.8 Å². The third-order valence-electron chi connectivity index (χ3n) is 3.19. The maximum Gasteiger partial charge on any atom is 0.328 e. The van der Waals surface area contributed by atoms with Crippen LogP contribution in [-0.4, -0.2) is 17.7 Å². The number of carbonyl (C=O) groups excluding carboxylic acids is 2. The molecule has 0 saturated carbocycles. The monoisotopic (exact) mass is 262 g/mol. The van der Waals surface area contributed by atoms with Crippen LogP contribution in [0.4, 0.5) is 0 Å². The first-order chi connectivity index (χ1) is 8.71. The Hall–Kier alpha value is -1.84. The zero-order valence-corrected chi connectivity index (χ0v) is 11.9. The lowest BCUT2D eigenvalue weighted by atomic mass is 9.88. The highest BCUT2D eigenvalue weighted by Crippen LogP contribution is 2.33. The third kappa shape index (κ3) is 2.48. The summed E-state index contributed by atoms with van der Waals surface area (Å²) in [5.41, 5.74) is 3.58. The minimum atomic E-state index is -1.18. The summed E-state index contributed by atoms with van der Waals surface area (Å²) in [6.07, 6.45) is 0. The van der Waals surface area contributed by atoms with Crippen molar-refractivity contribution >= 4 is 11.9 Å². The van der Waals surface area contributed by atoms with Gasteiger partial charge < -0.3 is 9.47 Å². The summed E-state index contributed by atoms with van der Waals surface area (Å²) in [6.45, 7) is 8.84.